The van der Waals surface area contributed by atoms with Crippen LogP contribution in [-0.2, 0) is 0 Å². The van der Waals surface area contributed by atoms with E-state index >= 15 is 0 Å². The van der Waals surface area contributed by atoms with Gasteiger partial charge in [0.15, 0.2) is 0 Å². The van der Waals surface area contributed by atoms with Crippen molar-refractivity contribution >= 4 is 29.1 Å². The van der Waals surface area contributed by atoms with Gasteiger partial charge in [0.1, 0.15) is 0 Å². The van der Waals surface area contributed by atoms with Gasteiger partial charge in [0.25, 0.3) is 5.91 Å². The molecule has 28 heavy (non-hydrogen) atoms. The highest BCUT2D eigenvalue weighted by atomic mass is 35.5. The number of benzene rings is 1. The van der Waals surface area contributed by atoms with Gasteiger partial charge < -0.3 is 20.1 Å². The molecule has 8 heteroatoms. The van der Waals surface area contributed by atoms with Gasteiger partial charge in [0, 0.05) is 31.5 Å². The molecule has 0 bridgehead atoms. The number of aromatic nitrogens is 2. The van der Waals surface area contributed by atoms with E-state index in [1.165, 1.54) is 7.11 Å². The first-order valence-corrected chi connectivity index (χ1v) is 9.70. The molecule has 2 aromatic rings. The third-order valence-corrected chi connectivity index (χ3v) is 5.40. The molecule has 7 nitrogen and oxygen atoms in total. The summed E-state index contributed by atoms with van der Waals surface area (Å²) in [5.41, 5.74) is 0.218. The molecular weight excluding hydrogens is 380 g/mol. The molecular formula is C20H25ClN4O3. The van der Waals surface area contributed by atoms with E-state index in [0.717, 1.165) is 19.3 Å². The Balaban J connectivity index is 1.75. The van der Waals surface area contributed by atoms with Crippen molar-refractivity contribution in [1.82, 2.24) is 15.3 Å². The Bertz CT molecular complexity index is 840. The van der Waals surface area contributed by atoms with Gasteiger partial charge in [-0.05, 0) is 31.0 Å². The van der Waals surface area contributed by atoms with Crippen molar-refractivity contribution in [2.24, 2.45) is 0 Å². The number of rotatable bonds is 6. The van der Waals surface area contributed by atoms with E-state index in [4.69, 9.17) is 16.3 Å². The van der Waals surface area contributed by atoms with Crippen molar-refractivity contribution in [2.45, 2.75) is 37.7 Å². The second-order valence-corrected chi connectivity index (χ2v) is 7.50. The number of amides is 1. The lowest BCUT2D eigenvalue weighted by Gasteiger charge is -2.32. The van der Waals surface area contributed by atoms with E-state index in [-0.39, 0.29) is 12.5 Å². The van der Waals surface area contributed by atoms with E-state index in [2.05, 4.69) is 15.3 Å². The quantitative estimate of drug-likeness (QED) is 0.767. The van der Waals surface area contributed by atoms with Crippen molar-refractivity contribution < 1.29 is 14.6 Å². The van der Waals surface area contributed by atoms with E-state index in [0.29, 0.717) is 40.9 Å². The van der Waals surface area contributed by atoms with E-state index in [9.17, 15) is 9.90 Å². The molecule has 0 atom stereocenters. The second kappa shape index (κ2) is 8.75. The van der Waals surface area contributed by atoms with Gasteiger partial charge in [-0.3, -0.25) is 4.79 Å². The van der Waals surface area contributed by atoms with Crippen LogP contribution in [0.2, 0.25) is 5.02 Å². The Morgan fingerprint density at radius 3 is 2.79 bits per heavy atom. The lowest BCUT2D eigenvalue weighted by atomic mass is 9.85. The molecule has 1 aliphatic carbocycles. The van der Waals surface area contributed by atoms with Crippen LogP contribution in [0.3, 0.4) is 0 Å². The van der Waals surface area contributed by atoms with Crippen LogP contribution in [0.25, 0.3) is 0 Å². The minimum atomic E-state index is -0.830. The fourth-order valence-electron chi connectivity index (χ4n) is 3.35. The van der Waals surface area contributed by atoms with Crippen LogP contribution >= 0.6 is 11.6 Å². The Morgan fingerprint density at radius 2 is 2.07 bits per heavy atom. The molecule has 0 aliphatic heterocycles. The molecule has 1 aliphatic rings. The van der Waals surface area contributed by atoms with Gasteiger partial charge in [-0.15, -0.1) is 0 Å². The van der Waals surface area contributed by atoms with Crippen molar-refractivity contribution in [3.05, 3.63) is 41.0 Å². The van der Waals surface area contributed by atoms with E-state index < -0.39 is 5.60 Å². The molecule has 2 N–H and O–H groups in total. The average Bonchev–Trinajstić information content (AvgIpc) is 2.72. The number of carbonyl (C=O) groups excluding carboxylic acids is 1. The van der Waals surface area contributed by atoms with Gasteiger partial charge >= 0.3 is 0 Å². The number of nitrogens with zero attached hydrogens (tertiary/aromatic N) is 3. The number of nitrogens with one attached hydrogen (secondary N) is 1. The van der Waals surface area contributed by atoms with Gasteiger partial charge in [-0.25, -0.2) is 4.98 Å². The smallest absolute Gasteiger partial charge is 0.252 e. The first kappa shape index (κ1) is 20.4. The fourth-order valence-corrected chi connectivity index (χ4v) is 3.55. The van der Waals surface area contributed by atoms with Crippen molar-refractivity contribution in [2.75, 3.05) is 25.6 Å². The fraction of sp³-hybridized carbons (Fsp3) is 0.450. The number of carbonyl (C=O) groups is 1. The molecule has 0 radical (unpaired) electrons. The molecule has 1 saturated carbocycles. The van der Waals surface area contributed by atoms with Crippen molar-refractivity contribution in [1.29, 1.82) is 0 Å². The predicted octanol–water partition coefficient (Wildman–Crippen LogP) is 3.33. The molecule has 0 saturated heterocycles. The molecule has 1 aromatic carbocycles. The van der Waals surface area contributed by atoms with E-state index in [1.54, 1.807) is 42.4 Å². The Morgan fingerprint density at radius 1 is 1.32 bits per heavy atom. The van der Waals surface area contributed by atoms with Crippen LogP contribution in [0.4, 0.5) is 11.6 Å². The van der Waals surface area contributed by atoms with Crippen LogP contribution in [0.1, 0.15) is 42.5 Å². The largest absolute Gasteiger partial charge is 0.481 e. The molecule has 150 valence electrons. The summed E-state index contributed by atoms with van der Waals surface area (Å²) in [6.07, 6.45) is 6.10. The number of anilines is 2. The lowest BCUT2D eigenvalue weighted by Crippen LogP contribution is -2.44. The number of ether oxygens (including phenoxy) is 1. The zero-order valence-corrected chi connectivity index (χ0v) is 16.9. The summed E-state index contributed by atoms with van der Waals surface area (Å²) in [7, 11) is 3.33. The molecule has 0 spiro atoms. The summed E-state index contributed by atoms with van der Waals surface area (Å²) in [5.74, 6) is 0.569. The maximum Gasteiger partial charge on any atom is 0.252 e. The average molecular weight is 405 g/mol. The third kappa shape index (κ3) is 4.72. The number of aliphatic hydroxyl groups is 1. The van der Waals surface area contributed by atoms with Gasteiger partial charge in [-0.2, -0.15) is 4.98 Å². The SMILES string of the molecule is COc1ccnc(N(C)c2ccc(Cl)c(C(=O)NCC3(O)CCCCC3)c2)n1. The normalized spacial score (nSPS) is 15.7. The zero-order chi connectivity index (χ0) is 20.1. The van der Waals surface area contributed by atoms with Gasteiger partial charge in [0.05, 0.1) is 23.3 Å². The monoisotopic (exact) mass is 404 g/mol. The van der Waals surface area contributed by atoms with Crippen LogP contribution in [-0.4, -0.2) is 47.3 Å². The van der Waals surface area contributed by atoms with E-state index in [1.807, 2.05) is 0 Å². The molecule has 0 unspecified atom stereocenters. The summed E-state index contributed by atoms with van der Waals surface area (Å²) in [6, 6.07) is 6.80. The van der Waals surface area contributed by atoms with Gasteiger partial charge in [-0.1, -0.05) is 30.9 Å². The Kier molecular flexibility index (Phi) is 6.36. The highest BCUT2D eigenvalue weighted by Crippen LogP contribution is 2.29. The van der Waals surface area contributed by atoms with Gasteiger partial charge in [0.2, 0.25) is 11.8 Å². The number of hydrogen-bond acceptors (Lipinski definition) is 6. The number of halogens is 1. The standard InChI is InChI=1S/C20H25ClN4O3/c1-25(19-22-11-8-17(24-19)28-2)14-6-7-16(21)15(12-14)18(26)23-13-20(27)9-4-3-5-10-20/h6-8,11-12,27H,3-5,9-10,13H2,1-2H3,(H,23,26). The Labute approximate surface area is 169 Å². The topological polar surface area (TPSA) is 87.6 Å². The maximum absolute atomic E-state index is 12.7. The molecule has 1 heterocycles. The van der Waals surface area contributed by atoms with Crippen LogP contribution < -0.4 is 15.0 Å². The first-order chi connectivity index (χ1) is 13.4. The molecule has 1 amide bonds. The zero-order valence-electron chi connectivity index (χ0n) is 16.1. The molecule has 1 aromatic heterocycles. The summed E-state index contributed by atoms with van der Waals surface area (Å²) < 4.78 is 5.13. The highest BCUT2D eigenvalue weighted by molar-refractivity contribution is 6.34. The number of methoxy groups -OCH3 is 1. The second-order valence-electron chi connectivity index (χ2n) is 7.09. The summed E-state index contributed by atoms with van der Waals surface area (Å²) >= 11 is 6.25. The lowest BCUT2D eigenvalue weighted by molar-refractivity contribution is 0.00526. The minimum Gasteiger partial charge on any atom is -0.481 e. The number of hydrogen-bond donors (Lipinski definition) is 2. The molecule has 1 fully saturated rings. The summed E-state index contributed by atoms with van der Waals surface area (Å²) in [5, 5.41) is 13.8. The summed E-state index contributed by atoms with van der Waals surface area (Å²) in [4.78, 5) is 23.0. The van der Waals surface area contributed by atoms with Crippen LogP contribution in [0.5, 0.6) is 5.88 Å². The highest BCUT2D eigenvalue weighted by Gasteiger charge is 2.29. The minimum absolute atomic E-state index is 0.223. The van der Waals surface area contributed by atoms with Crippen molar-refractivity contribution in [3.63, 3.8) is 0 Å². The maximum atomic E-state index is 12.7. The predicted molar refractivity (Wildman–Crippen MR) is 108 cm³/mol. The Hall–Kier alpha value is -2.38. The van der Waals surface area contributed by atoms with Crippen LogP contribution in [0.15, 0.2) is 30.5 Å². The first-order valence-electron chi connectivity index (χ1n) is 9.33. The third-order valence-electron chi connectivity index (χ3n) is 5.07. The van der Waals surface area contributed by atoms with Crippen molar-refractivity contribution in [3.8, 4) is 5.88 Å². The summed E-state index contributed by atoms with van der Waals surface area (Å²) in [6.45, 7) is 0.223. The molecule has 3 rings (SSSR count). The van der Waals surface area contributed by atoms with Crippen LogP contribution in [0, 0.1) is 0 Å².